The number of esters is 1. The molecule has 0 fully saturated rings. The largest absolute Gasteiger partial charge is 0.468 e. The molecule has 0 saturated heterocycles. The van der Waals surface area contributed by atoms with Gasteiger partial charge in [-0.1, -0.05) is 23.7 Å². The molecule has 1 unspecified atom stereocenters. The summed E-state index contributed by atoms with van der Waals surface area (Å²) in [5, 5.41) is 8.72. The molecule has 0 bridgehead atoms. The minimum atomic E-state index is -3.37. The lowest BCUT2D eigenvalue weighted by Crippen LogP contribution is -2.42. The molecule has 1 atom stereocenters. The number of ether oxygens (including phenoxy) is 1. The van der Waals surface area contributed by atoms with Crippen LogP contribution in [0.4, 0.5) is 10.5 Å². The molecule has 1 N–H and O–H groups in total. The van der Waals surface area contributed by atoms with E-state index in [0.29, 0.717) is 22.0 Å². The van der Waals surface area contributed by atoms with Gasteiger partial charge in [-0.2, -0.15) is 5.10 Å². The molecule has 1 aliphatic heterocycles. The molecule has 1 aliphatic rings. The lowest BCUT2D eigenvalue weighted by atomic mass is 9.82. The highest BCUT2D eigenvalue weighted by molar-refractivity contribution is 7.90. The lowest BCUT2D eigenvalue weighted by molar-refractivity contribution is -0.147. The van der Waals surface area contributed by atoms with E-state index in [4.69, 9.17) is 16.3 Å². The number of carbonyl (C=O) groups excluding carboxylic acids is 2. The summed E-state index contributed by atoms with van der Waals surface area (Å²) in [7, 11) is -2.11. The molecule has 2 aromatic rings. The van der Waals surface area contributed by atoms with E-state index < -0.39 is 27.3 Å². The van der Waals surface area contributed by atoms with Gasteiger partial charge in [0.2, 0.25) is 0 Å². The Bertz CT molecular complexity index is 1110. The number of halogens is 1. The van der Waals surface area contributed by atoms with Crippen LogP contribution in [0, 0.1) is 5.41 Å². The molecular formula is C20H20ClN3O5S. The number of nitrogens with one attached hydrogen (secondary N) is 1. The fraction of sp³-hybridized carbons (Fsp3) is 0.250. The van der Waals surface area contributed by atoms with Gasteiger partial charge in [0.1, 0.15) is 5.41 Å². The van der Waals surface area contributed by atoms with Gasteiger partial charge in [0.05, 0.1) is 24.3 Å². The molecule has 8 nitrogen and oxygen atoms in total. The highest BCUT2D eigenvalue weighted by Gasteiger charge is 2.48. The average Bonchev–Trinajstić information content (AvgIpc) is 3.07. The van der Waals surface area contributed by atoms with Gasteiger partial charge in [0.25, 0.3) is 0 Å². The van der Waals surface area contributed by atoms with Crippen molar-refractivity contribution in [1.82, 2.24) is 5.01 Å². The standard InChI is InChI=1S/C20H20ClN3O5S/c1-20(18(25)29-2)12-24(19(26)22-15-8-6-14(21)7-9-15)23-17(20)13-4-10-16(11-5-13)30(3,27)28/h4-11H,12H2,1-3H3,(H,22,26). The first kappa shape index (κ1) is 21.8. The molecule has 30 heavy (non-hydrogen) atoms. The summed E-state index contributed by atoms with van der Waals surface area (Å²) in [4.78, 5) is 25.4. The first-order valence-corrected chi connectivity index (χ1v) is 11.1. The number of carbonyl (C=O) groups is 2. The topological polar surface area (TPSA) is 105 Å². The average molecular weight is 450 g/mol. The second-order valence-corrected chi connectivity index (χ2v) is 9.52. The predicted molar refractivity (Wildman–Crippen MR) is 113 cm³/mol. The summed E-state index contributed by atoms with van der Waals surface area (Å²) >= 11 is 5.86. The number of amides is 2. The predicted octanol–water partition coefficient (Wildman–Crippen LogP) is 3.17. The molecule has 1 heterocycles. The third-order valence-corrected chi connectivity index (χ3v) is 6.11. The highest BCUT2D eigenvalue weighted by Crippen LogP contribution is 2.33. The van der Waals surface area contributed by atoms with Crippen LogP contribution in [0.15, 0.2) is 58.5 Å². The number of benzene rings is 2. The van der Waals surface area contributed by atoms with Gasteiger partial charge in [0, 0.05) is 17.0 Å². The van der Waals surface area contributed by atoms with E-state index in [1.54, 1.807) is 43.3 Å². The van der Waals surface area contributed by atoms with E-state index in [0.717, 1.165) is 11.3 Å². The number of hydrogen-bond donors (Lipinski definition) is 1. The highest BCUT2D eigenvalue weighted by atomic mass is 35.5. The number of hydrogen-bond acceptors (Lipinski definition) is 6. The quantitative estimate of drug-likeness (QED) is 0.721. The van der Waals surface area contributed by atoms with Gasteiger partial charge in [0.15, 0.2) is 9.84 Å². The number of nitrogens with zero attached hydrogens (tertiary/aromatic N) is 2. The van der Waals surface area contributed by atoms with Crippen LogP contribution in [0.5, 0.6) is 0 Å². The minimum absolute atomic E-state index is 0.0394. The minimum Gasteiger partial charge on any atom is -0.468 e. The molecule has 2 aromatic carbocycles. The zero-order chi connectivity index (χ0) is 22.1. The number of sulfone groups is 1. The first-order chi connectivity index (χ1) is 14.0. The van der Waals surface area contributed by atoms with Crippen LogP contribution in [0.2, 0.25) is 5.02 Å². The lowest BCUT2D eigenvalue weighted by Gasteiger charge is -2.23. The first-order valence-electron chi connectivity index (χ1n) is 8.87. The number of urea groups is 1. The number of anilines is 1. The SMILES string of the molecule is COC(=O)C1(C)CN(C(=O)Nc2ccc(Cl)cc2)N=C1c1ccc(S(C)(=O)=O)cc1. The van der Waals surface area contributed by atoms with Crippen LogP contribution >= 0.6 is 11.6 Å². The normalized spacial score (nSPS) is 18.7. The molecular weight excluding hydrogens is 430 g/mol. The molecule has 158 valence electrons. The van der Waals surface area contributed by atoms with Gasteiger partial charge in [-0.05, 0) is 48.9 Å². The molecule has 2 amide bonds. The van der Waals surface area contributed by atoms with Gasteiger partial charge < -0.3 is 10.1 Å². The van der Waals surface area contributed by atoms with Crippen LogP contribution in [0.3, 0.4) is 0 Å². The van der Waals surface area contributed by atoms with Crippen molar-refractivity contribution < 1.29 is 22.7 Å². The van der Waals surface area contributed by atoms with Gasteiger partial charge >= 0.3 is 12.0 Å². The van der Waals surface area contributed by atoms with Crippen molar-refractivity contribution in [1.29, 1.82) is 0 Å². The van der Waals surface area contributed by atoms with Crippen molar-refractivity contribution in [2.45, 2.75) is 11.8 Å². The summed E-state index contributed by atoms with van der Waals surface area (Å²) < 4.78 is 28.4. The number of rotatable bonds is 4. The Morgan fingerprint density at radius 3 is 2.27 bits per heavy atom. The zero-order valence-corrected chi connectivity index (χ0v) is 18.1. The van der Waals surface area contributed by atoms with Crippen molar-refractivity contribution in [2.24, 2.45) is 10.5 Å². The molecule has 0 spiro atoms. The van der Waals surface area contributed by atoms with E-state index in [1.807, 2.05) is 0 Å². The summed E-state index contributed by atoms with van der Waals surface area (Å²) in [6.45, 7) is 1.58. The third kappa shape index (κ3) is 4.31. The maximum atomic E-state index is 12.7. The number of methoxy groups -OCH3 is 1. The van der Waals surface area contributed by atoms with E-state index in [9.17, 15) is 18.0 Å². The van der Waals surface area contributed by atoms with Crippen LogP contribution in [0.25, 0.3) is 0 Å². The van der Waals surface area contributed by atoms with Crippen molar-refractivity contribution in [2.75, 3.05) is 25.2 Å². The maximum Gasteiger partial charge on any atom is 0.342 e. The van der Waals surface area contributed by atoms with Crippen molar-refractivity contribution in [3.05, 3.63) is 59.1 Å². The van der Waals surface area contributed by atoms with E-state index in [2.05, 4.69) is 10.4 Å². The van der Waals surface area contributed by atoms with Crippen molar-refractivity contribution >= 4 is 44.8 Å². The Balaban J connectivity index is 1.93. The van der Waals surface area contributed by atoms with Crippen molar-refractivity contribution in [3.63, 3.8) is 0 Å². The van der Waals surface area contributed by atoms with Crippen molar-refractivity contribution in [3.8, 4) is 0 Å². The second-order valence-electron chi connectivity index (χ2n) is 7.06. The monoisotopic (exact) mass is 449 g/mol. The van der Waals surface area contributed by atoms with E-state index in [-0.39, 0.29) is 11.4 Å². The summed E-state index contributed by atoms with van der Waals surface area (Å²) in [5.74, 6) is -0.560. The fourth-order valence-electron chi connectivity index (χ4n) is 3.10. The molecule has 3 rings (SSSR count). The Morgan fingerprint density at radius 1 is 1.13 bits per heavy atom. The van der Waals surface area contributed by atoms with Crippen LogP contribution in [-0.2, 0) is 19.4 Å². The molecule has 0 radical (unpaired) electrons. The summed E-state index contributed by atoms with van der Waals surface area (Å²) in [5.41, 5.74) is 0.113. The van der Waals surface area contributed by atoms with Gasteiger partial charge in [-0.25, -0.2) is 18.2 Å². The third-order valence-electron chi connectivity index (χ3n) is 4.73. The van der Waals surface area contributed by atoms with Crippen LogP contribution in [0.1, 0.15) is 12.5 Å². The second kappa shape index (κ2) is 8.08. The maximum absolute atomic E-state index is 12.7. The summed E-state index contributed by atoms with van der Waals surface area (Å²) in [6.07, 6.45) is 1.11. The van der Waals surface area contributed by atoms with Crippen LogP contribution < -0.4 is 5.32 Å². The van der Waals surface area contributed by atoms with E-state index >= 15 is 0 Å². The molecule has 0 aromatic heterocycles. The Kier molecular flexibility index (Phi) is 5.87. The molecule has 0 saturated carbocycles. The zero-order valence-electron chi connectivity index (χ0n) is 16.5. The Labute approximate surface area is 179 Å². The van der Waals surface area contributed by atoms with Crippen LogP contribution in [-0.4, -0.2) is 51.0 Å². The smallest absolute Gasteiger partial charge is 0.342 e. The molecule has 10 heteroatoms. The Morgan fingerprint density at radius 2 is 1.73 bits per heavy atom. The van der Waals surface area contributed by atoms with Gasteiger partial charge in [-0.3, -0.25) is 4.79 Å². The fourth-order valence-corrected chi connectivity index (χ4v) is 3.86. The molecule has 0 aliphatic carbocycles. The summed E-state index contributed by atoms with van der Waals surface area (Å²) in [6, 6.07) is 12.0. The van der Waals surface area contributed by atoms with Gasteiger partial charge in [-0.15, -0.1) is 0 Å². The number of hydrazone groups is 1. The Hall–Kier alpha value is -2.91. The van der Waals surface area contributed by atoms with E-state index in [1.165, 1.54) is 19.2 Å².